The molecule has 7 heteroatoms. The van der Waals surface area contributed by atoms with Crippen LogP contribution in [0.5, 0.6) is 5.75 Å². The first-order valence-corrected chi connectivity index (χ1v) is 8.02. The van der Waals surface area contributed by atoms with Crippen LogP contribution in [0, 0.1) is 11.3 Å². The zero-order valence-corrected chi connectivity index (χ0v) is 14.6. The number of halogens is 1. The van der Waals surface area contributed by atoms with Crippen molar-refractivity contribution < 1.29 is 19.4 Å². The number of benzene rings is 2. The summed E-state index contributed by atoms with van der Waals surface area (Å²) in [5.74, 6) is -1.59. The van der Waals surface area contributed by atoms with E-state index >= 15 is 0 Å². The third-order valence-electron chi connectivity index (χ3n) is 3.33. The first-order chi connectivity index (χ1) is 12.5. The topological polar surface area (TPSA) is 99.4 Å². The van der Waals surface area contributed by atoms with E-state index in [0.717, 1.165) is 0 Å². The van der Waals surface area contributed by atoms with Crippen LogP contribution in [-0.2, 0) is 4.79 Å². The number of carboxylic acids is 1. The van der Waals surface area contributed by atoms with Gasteiger partial charge in [0, 0.05) is 0 Å². The van der Waals surface area contributed by atoms with Crippen LogP contribution >= 0.6 is 11.6 Å². The van der Waals surface area contributed by atoms with E-state index in [1.54, 1.807) is 43.3 Å². The number of aromatic carboxylic acids is 1. The summed E-state index contributed by atoms with van der Waals surface area (Å²) in [6.07, 6.45) is 1.30. The highest BCUT2D eigenvalue weighted by atomic mass is 35.5. The molecule has 0 saturated carbocycles. The third-order valence-corrected chi connectivity index (χ3v) is 3.66. The van der Waals surface area contributed by atoms with Crippen molar-refractivity contribution in [2.45, 2.75) is 6.92 Å². The number of amides is 1. The van der Waals surface area contributed by atoms with Gasteiger partial charge in [-0.3, -0.25) is 4.79 Å². The Hall–Kier alpha value is -3.30. The molecule has 132 valence electrons. The lowest BCUT2D eigenvalue weighted by molar-refractivity contribution is -0.112. The lowest BCUT2D eigenvalue weighted by Gasteiger charge is -2.08. The van der Waals surface area contributed by atoms with Gasteiger partial charge in [-0.1, -0.05) is 29.8 Å². The summed E-state index contributed by atoms with van der Waals surface area (Å²) >= 11 is 5.98. The molecule has 0 aliphatic rings. The van der Waals surface area contributed by atoms with Crippen molar-refractivity contribution in [3.63, 3.8) is 0 Å². The number of nitrogens with one attached hydrogen (secondary N) is 1. The second-order valence-electron chi connectivity index (χ2n) is 5.10. The molecule has 2 rings (SSSR count). The fourth-order valence-electron chi connectivity index (χ4n) is 2.15. The Morgan fingerprint density at radius 1 is 1.31 bits per heavy atom. The molecule has 0 bridgehead atoms. The van der Waals surface area contributed by atoms with Crippen LogP contribution in [0.15, 0.2) is 48.0 Å². The van der Waals surface area contributed by atoms with Crippen LogP contribution < -0.4 is 10.1 Å². The van der Waals surface area contributed by atoms with Gasteiger partial charge in [-0.15, -0.1) is 0 Å². The van der Waals surface area contributed by atoms with E-state index in [9.17, 15) is 20.0 Å². The van der Waals surface area contributed by atoms with Gasteiger partial charge in [0.15, 0.2) is 0 Å². The Balaban J connectivity index is 2.32. The maximum absolute atomic E-state index is 12.3. The van der Waals surface area contributed by atoms with Crippen molar-refractivity contribution >= 4 is 35.2 Å². The number of nitrogens with zero attached hydrogens (tertiary/aromatic N) is 1. The molecule has 2 N–H and O–H groups in total. The summed E-state index contributed by atoms with van der Waals surface area (Å²) in [5.41, 5.74) is 0.518. The van der Waals surface area contributed by atoms with Gasteiger partial charge in [0.25, 0.3) is 5.91 Å². The van der Waals surface area contributed by atoms with Gasteiger partial charge in [0.2, 0.25) is 0 Å². The lowest BCUT2D eigenvalue weighted by atomic mass is 10.1. The maximum Gasteiger partial charge on any atom is 0.339 e. The summed E-state index contributed by atoms with van der Waals surface area (Å²) in [4.78, 5) is 23.6. The van der Waals surface area contributed by atoms with Crippen molar-refractivity contribution in [2.24, 2.45) is 0 Å². The van der Waals surface area contributed by atoms with Gasteiger partial charge in [-0.05, 0) is 42.8 Å². The second kappa shape index (κ2) is 8.70. The van der Waals surface area contributed by atoms with Crippen molar-refractivity contribution in [3.05, 3.63) is 64.2 Å². The molecular weight excluding hydrogens is 356 g/mol. The van der Waals surface area contributed by atoms with E-state index < -0.39 is 11.9 Å². The lowest BCUT2D eigenvalue weighted by Crippen LogP contribution is -2.13. The zero-order chi connectivity index (χ0) is 19.1. The molecular formula is C19H15ClN2O4. The van der Waals surface area contributed by atoms with E-state index in [0.29, 0.717) is 22.9 Å². The minimum absolute atomic E-state index is 0.0515. The number of nitriles is 1. The quantitative estimate of drug-likeness (QED) is 0.591. The summed E-state index contributed by atoms with van der Waals surface area (Å²) in [5, 5.41) is 21.4. The highest BCUT2D eigenvalue weighted by Gasteiger charge is 2.14. The number of carboxylic acid groups (broad SMARTS) is 1. The SMILES string of the molecule is CCOc1ccc(/C=C(\C#N)C(=O)Nc2ccccc2Cl)cc1C(=O)O. The molecule has 0 heterocycles. The number of carbonyl (C=O) groups excluding carboxylic acids is 1. The Morgan fingerprint density at radius 3 is 2.65 bits per heavy atom. The van der Waals surface area contributed by atoms with Gasteiger partial charge in [-0.2, -0.15) is 5.26 Å². The van der Waals surface area contributed by atoms with Crippen LogP contribution in [0.4, 0.5) is 5.69 Å². The fourth-order valence-corrected chi connectivity index (χ4v) is 2.34. The number of carbonyl (C=O) groups is 2. The predicted molar refractivity (Wildman–Crippen MR) is 98.2 cm³/mol. The standard InChI is InChI=1S/C19H15ClN2O4/c1-2-26-17-8-7-12(10-14(17)19(24)25)9-13(11-21)18(23)22-16-6-4-3-5-15(16)20/h3-10H,2H2,1H3,(H,22,23)(H,24,25)/b13-9+. The van der Waals surface area contributed by atoms with Crippen LogP contribution in [0.2, 0.25) is 5.02 Å². The summed E-state index contributed by atoms with van der Waals surface area (Å²) < 4.78 is 5.26. The molecule has 0 saturated heterocycles. The molecule has 0 spiro atoms. The van der Waals surface area contributed by atoms with Crippen molar-refractivity contribution in [3.8, 4) is 11.8 Å². The molecule has 6 nitrogen and oxygen atoms in total. The highest BCUT2D eigenvalue weighted by molar-refractivity contribution is 6.34. The number of anilines is 1. The Morgan fingerprint density at radius 2 is 2.04 bits per heavy atom. The molecule has 0 aromatic heterocycles. The number of ether oxygens (including phenoxy) is 1. The number of hydrogen-bond donors (Lipinski definition) is 2. The van der Waals surface area contributed by atoms with E-state index in [4.69, 9.17) is 16.3 Å². The molecule has 26 heavy (non-hydrogen) atoms. The van der Waals surface area contributed by atoms with Gasteiger partial charge >= 0.3 is 5.97 Å². The Kier molecular flexibility index (Phi) is 6.36. The smallest absolute Gasteiger partial charge is 0.339 e. The van der Waals surface area contributed by atoms with Gasteiger partial charge < -0.3 is 15.2 Å². The molecule has 0 atom stereocenters. The number of rotatable bonds is 6. The van der Waals surface area contributed by atoms with Gasteiger partial charge in [0.1, 0.15) is 23.0 Å². The summed E-state index contributed by atoms with van der Waals surface area (Å²) in [7, 11) is 0. The Labute approximate surface area is 155 Å². The van der Waals surface area contributed by atoms with E-state index in [-0.39, 0.29) is 16.9 Å². The molecule has 0 radical (unpaired) electrons. The normalized spacial score (nSPS) is 10.7. The van der Waals surface area contributed by atoms with Crippen molar-refractivity contribution in [1.29, 1.82) is 5.26 Å². The molecule has 0 aliphatic heterocycles. The first-order valence-electron chi connectivity index (χ1n) is 7.64. The maximum atomic E-state index is 12.3. The van der Waals surface area contributed by atoms with Crippen molar-refractivity contribution in [2.75, 3.05) is 11.9 Å². The Bertz CT molecular complexity index is 916. The average molecular weight is 371 g/mol. The van der Waals surface area contributed by atoms with Crippen LogP contribution in [0.3, 0.4) is 0 Å². The van der Waals surface area contributed by atoms with Gasteiger partial charge in [0.05, 0.1) is 17.3 Å². The zero-order valence-electron chi connectivity index (χ0n) is 13.8. The summed E-state index contributed by atoms with van der Waals surface area (Å²) in [6.45, 7) is 2.06. The van der Waals surface area contributed by atoms with Gasteiger partial charge in [-0.25, -0.2) is 4.79 Å². The number of hydrogen-bond acceptors (Lipinski definition) is 4. The first kappa shape index (κ1) is 19.0. The van der Waals surface area contributed by atoms with Crippen LogP contribution in [0.25, 0.3) is 6.08 Å². The van der Waals surface area contributed by atoms with E-state index in [1.807, 2.05) is 0 Å². The van der Waals surface area contributed by atoms with E-state index in [2.05, 4.69) is 5.32 Å². The summed E-state index contributed by atoms with van der Waals surface area (Å²) in [6, 6.07) is 12.8. The fraction of sp³-hybridized carbons (Fsp3) is 0.105. The van der Waals surface area contributed by atoms with E-state index in [1.165, 1.54) is 18.2 Å². The minimum Gasteiger partial charge on any atom is -0.493 e. The van der Waals surface area contributed by atoms with Crippen LogP contribution in [-0.4, -0.2) is 23.6 Å². The molecule has 0 fully saturated rings. The second-order valence-corrected chi connectivity index (χ2v) is 5.50. The minimum atomic E-state index is -1.16. The van der Waals surface area contributed by atoms with Crippen LogP contribution in [0.1, 0.15) is 22.8 Å². The highest BCUT2D eigenvalue weighted by Crippen LogP contribution is 2.23. The molecule has 2 aromatic rings. The van der Waals surface area contributed by atoms with Crippen molar-refractivity contribution in [1.82, 2.24) is 0 Å². The number of para-hydroxylation sites is 1. The molecule has 2 aromatic carbocycles. The largest absolute Gasteiger partial charge is 0.493 e. The molecule has 0 aliphatic carbocycles. The monoisotopic (exact) mass is 370 g/mol. The molecule has 1 amide bonds. The average Bonchev–Trinajstić information content (AvgIpc) is 2.62. The third kappa shape index (κ3) is 4.62. The molecule has 0 unspecified atom stereocenters. The predicted octanol–water partition coefficient (Wildman–Crippen LogP) is 3.98.